The number of hydrogen-bond donors (Lipinski definition) is 1. The summed E-state index contributed by atoms with van der Waals surface area (Å²) in [5.74, 6) is 3.25. The van der Waals surface area contributed by atoms with Crippen LogP contribution < -0.4 is 4.74 Å². The molecule has 0 aromatic heterocycles. The molecule has 3 saturated carbocycles. The second-order valence-corrected chi connectivity index (χ2v) is 9.11. The first-order valence-corrected chi connectivity index (χ1v) is 9.32. The van der Waals surface area contributed by atoms with E-state index in [4.69, 9.17) is 4.74 Å². The highest BCUT2D eigenvalue weighted by Crippen LogP contribution is 2.83. The van der Waals surface area contributed by atoms with E-state index in [1.54, 1.807) is 12.7 Å². The fourth-order valence-corrected chi connectivity index (χ4v) is 7.28. The Bertz CT molecular complexity index is 678. The van der Waals surface area contributed by atoms with Gasteiger partial charge in [0.25, 0.3) is 0 Å². The van der Waals surface area contributed by atoms with Gasteiger partial charge in [0.05, 0.1) is 12.7 Å². The topological polar surface area (TPSA) is 29.5 Å². The van der Waals surface area contributed by atoms with Crippen molar-refractivity contribution in [1.82, 2.24) is 0 Å². The predicted octanol–water partition coefficient (Wildman–Crippen LogP) is 4.30. The molecule has 1 aromatic rings. The van der Waals surface area contributed by atoms with Crippen molar-refractivity contribution < 1.29 is 9.84 Å². The van der Waals surface area contributed by atoms with Gasteiger partial charge in [0.15, 0.2) is 0 Å². The smallest absolute Gasteiger partial charge is 0.119 e. The molecule has 0 bridgehead atoms. The van der Waals surface area contributed by atoms with E-state index in [-0.39, 0.29) is 5.41 Å². The lowest BCUT2D eigenvalue weighted by molar-refractivity contribution is -0.118. The number of ether oxygens (including phenoxy) is 1. The van der Waals surface area contributed by atoms with Gasteiger partial charge in [0.2, 0.25) is 0 Å². The first-order valence-electron chi connectivity index (χ1n) is 9.32. The zero-order valence-electron chi connectivity index (χ0n) is 14.6. The van der Waals surface area contributed by atoms with Crippen LogP contribution in [0.25, 0.3) is 0 Å². The van der Waals surface area contributed by atoms with Gasteiger partial charge in [-0.3, -0.25) is 0 Å². The number of methoxy groups -OCH3 is 1. The average Bonchev–Trinajstić information content (AvgIpc) is 3.19. The number of hydrogen-bond acceptors (Lipinski definition) is 2. The first kappa shape index (κ1) is 14.3. The molecule has 1 aromatic carbocycles. The van der Waals surface area contributed by atoms with Crippen molar-refractivity contribution in [2.24, 2.45) is 22.7 Å². The van der Waals surface area contributed by atoms with Crippen LogP contribution in [0, 0.1) is 22.7 Å². The standard InChI is InChI=1S/C21H28O2/c1-19-9-8-17-16-6-5-15(23-3)10-13(16)4-7-18(17)21(19)12-14(21)11-20(19,2)22/h5-6,10,14,17-18,22H,4,7-9,11-12H2,1-3H3/t14-,17+,18+,19+,20-,21+/m0/s1. The molecular weight excluding hydrogens is 284 g/mol. The van der Waals surface area contributed by atoms with E-state index in [1.807, 2.05) is 0 Å². The molecule has 4 aliphatic carbocycles. The van der Waals surface area contributed by atoms with Crippen molar-refractivity contribution in [3.8, 4) is 5.75 Å². The van der Waals surface area contributed by atoms with Gasteiger partial charge >= 0.3 is 0 Å². The molecule has 2 heteroatoms. The van der Waals surface area contributed by atoms with Crippen molar-refractivity contribution in [3.05, 3.63) is 29.3 Å². The van der Waals surface area contributed by atoms with Gasteiger partial charge in [0.1, 0.15) is 5.75 Å². The molecule has 5 rings (SSSR count). The first-order chi connectivity index (χ1) is 10.9. The number of rotatable bonds is 1. The molecule has 0 amide bonds. The number of aryl methyl sites for hydroxylation is 1. The average molecular weight is 312 g/mol. The van der Waals surface area contributed by atoms with Gasteiger partial charge in [-0.1, -0.05) is 13.0 Å². The molecule has 1 N–H and O–H groups in total. The summed E-state index contributed by atoms with van der Waals surface area (Å²) in [5.41, 5.74) is 3.19. The third-order valence-electron chi connectivity index (χ3n) is 8.59. The van der Waals surface area contributed by atoms with Crippen molar-refractivity contribution >= 4 is 0 Å². The zero-order chi connectivity index (χ0) is 16.0. The molecule has 2 nitrogen and oxygen atoms in total. The van der Waals surface area contributed by atoms with Crippen LogP contribution in [0.1, 0.15) is 63.0 Å². The fraction of sp³-hybridized carbons (Fsp3) is 0.714. The molecule has 3 fully saturated rings. The second kappa shape index (κ2) is 4.14. The highest BCUT2D eigenvalue weighted by Gasteiger charge is 2.79. The molecule has 0 unspecified atom stereocenters. The molecule has 124 valence electrons. The second-order valence-electron chi connectivity index (χ2n) is 9.11. The molecule has 0 heterocycles. The SMILES string of the molecule is COc1ccc2c(c1)CC[C@@H]1[C@@H]2CC[C@@]2(C)[C@@]13C[C@@H]3C[C@]2(C)O. The van der Waals surface area contributed by atoms with Gasteiger partial charge in [-0.15, -0.1) is 0 Å². The normalized spacial score (nSPS) is 49.7. The van der Waals surface area contributed by atoms with Crippen LogP contribution in [0.3, 0.4) is 0 Å². The van der Waals surface area contributed by atoms with E-state index >= 15 is 0 Å². The quantitative estimate of drug-likeness (QED) is 0.837. The van der Waals surface area contributed by atoms with Gasteiger partial charge in [-0.05, 0) is 91.9 Å². The molecular formula is C21H28O2. The Morgan fingerprint density at radius 3 is 2.78 bits per heavy atom. The number of benzene rings is 1. The van der Waals surface area contributed by atoms with Crippen molar-refractivity contribution in [1.29, 1.82) is 0 Å². The molecule has 1 spiro atoms. The summed E-state index contributed by atoms with van der Waals surface area (Å²) in [6.07, 6.45) is 7.30. The lowest BCUT2D eigenvalue weighted by atomic mass is 9.50. The predicted molar refractivity (Wildman–Crippen MR) is 90.7 cm³/mol. The lowest BCUT2D eigenvalue weighted by Crippen LogP contribution is -2.52. The van der Waals surface area contributed by atoms with Crippen LogP contribution in [-0.4, -0.2) is 17.8 Å². The summed E-state index contributed by atoms with van der Waals surface area (Å²) in [6.45, 7) is 4.52. The summed E-state index contributed by atoms with van der Waals surface area (Å²) >= 11 is 0. The van der Waals surface area contributed by atoms with Crippen molar-refractivity contribution in [2.75, 3.05) is 7.11 Å². The molecule has 0 aliphatic heterocycles. The molecule has 23 heavy (non-hydrogen) atoms. The van der Waals surface area contributed by atoms with E-state index in [2.05, 4.69) is 32.0 Å². The van der Waals surface area contributed by atoms with Crippen LogP contribution >= 0.6 is 0 Å². The lowest BCUT2D eigenvalue weighted by Gasteiger charge is -2.55. The van der Waals surface area contributed by atoms with Crippen LogP contribution in [-0.2, 0) is 6.42 Å². The molecule has 0 saturated heterocycles. The van der Waals surface area contributed by atoms with Crippen LogP contribution in [0.2, 0.25) is 0 Å². The number of aliphatic hydroxyl groups is 1. The monoisotopic (exact) mass is 312 g/mol. The Hall–Kier alpha value is -1.02. The molecule has 6 atom stereocenters. The van der Waals surface area contributed by atoms with Crippen molar-refractivity contribution in [2.45, 2.75) is 63.9 Å². The summed E-state index contributed by atoms with van der Waals surface area (Å²) in [6, 6.07) is 6.73. The highest BCUT2D eigenvalue weighted by molar-refractivity contribution is 5.43. The largest absolute Gasteiger partial charge is 0.497 e. The van der Waals surface area contributed by atoms with Crippen molar-refractivity contribution in [3.63, 3.8) is 0 Å². The summed E-state index contributed by atoms with van der Waals surface area (Å²) < 4.78 is 5.42. The zero-order valence-corrected chi connectivity index (χ0v) is 14.6. The fourth-order valence-electron chi connectivity index (χ4n) is 7.28. The van der Waals surface area contributed by atoms with E-state index in [0.29, 0.717) is 11.3 Å². The summed E-state index contributed by atoms with van der Waals surface area (Å²) in [5, 5.41) is 11.1. The Balaban J connectivity index is 1.57. The Morgan fingerprint density at radius 1 is 1.17 bits per heavy atom. The van der Waals surface area contributed by atoms with Crippen LogP contribution in [0.4, 0.5) is 0 Å². The maximum Gasteiger partial charge on any atom is 0.119 e. The summed E-state index contributed by atoms with van der Waals surface area (Å²) in [4.78, 5) is 0. The minimum Gasteiger partial charge on any atom is -0.497 e. The Morgan fingerprint density at radius 2 is 2.00 bits per heavy atom. The minimum absolute atomic E-state index is 0.135. The van der Waals surface area contributed by atoms with E-state index in [9.17, 15) is 5.11 Å². The van der Waals surface area contributed by atoms with Gasteiger partial charge < -0.3 is 9.84 Å². The van der Waals surface area contributed by atoms with Crippen LogP contribution in [0.15, 0.2) is 18.2 Å². The Kier molecular flexibility index (Phi) is 2.58. The summed E-state index contributed by atoms with van der Waals surface area (Å²) in [7, 11) is 1.76. The molecule has 0 radical (unpaired) electrons. The van der Waals surface area contributed by atoms with E-state index in [0.717, 1.165) is 24.0 Å². The minimum atomic E-state index is -0.457. The van der Waals surface area contributed by atoms with E-state index in [1.165, 1.54) is 37.7 Å². The maximum atomic E-state index is 11.1. The third kappa shape index (κ3) is 1.50. The van der Waals surface area contributed by atoms with Gasteiger partial charge in [-0.25, -0.2) is 0 Å². The van der Waals surface area contributed by atoms with Gasteiger partial charge in [-0.2, -0.15) is 0 Å². The third-order valence-corrected chi connectivity index (χ3v) is 8.59. The van der Waals surface area contributed by atoms with Crippen LogP contribution in [0.5, 0.6) is 5.75 Å². The Labute approximate surface area is 139 Å². The van der Waals surface area contributed by atoms with E-state index < -0.39 is 5.60 Å². The highest BCUT2D eigenvalue weighted by atomic mass is 16.5. The number of fused-ring (bicyclic) bond motifs is 3. The van der Waals surface area contributed by atoms with Gasteiger partial charge in [0, 0.05) is 5.41 Å². The maximum absolute atomic E-state index is 11.1. The molecule has 4 aliphatic rings.